The van der Waals surface area contributed by atoms with Gasteiger partial charge in [0, 0.05) is 51.2 Å². The second kappa shape index (κ2) is 10.4. The fourth-order valence-electron chi connectivity index (χ4n) is 4.08. The number of nitrogens with zero attached hydrogens (tertiary/aromatic N) is 6. The highest BCUT2D eigenvalue weighted by atomic mass is 32.1. The topological polar surface area (TPSA) is 70.8 Å². The third-order valence-corrected chi connectivity index (χ3v) is 6.93. The molecular formula is C21H33N7OS. The van der Waals surface area contributed by atoms with Crippen LogP contribution in [0.1, 0.15) is 22.9 Å². The molecule has 4 rings (SSSR count). The van der Waals surface area contributed by atoms with Crippen LogP contribution in [0.2, 0.25) is 0 Å². The van der Waals surface area contributed by atoms with Crippen LogP contribution >= 0.6 is 11.3 Å². The highest BCUT2D eigenvalue weighted by Gasteiger charge is 2.27. The van der Waals surface area contributed by atoms with Crippen molar-refractivity contribution in [2.75, 3.05) is 52.5 Å². The molecule has 2 aromatic rings. The fourth-order valence-corrected chi connectivity index (χ4v) is 4.79. The third-order valence-electron chi connectivity index (χ3n) is 5.99. The molecule has 164 valence electrons. The average molecular weight is 432 g/mol. The molecule has 0 bridgehead atoms. The van der Waals surface area contributed by atoms with Crippen molar-refractivity contribution < 1.29 is 4.74 Å². The molecule has 0 aliphatic carbocycles. The van der Waals surface area contributed by atoms with E-state index in [0.717, 1.165) is 76.5 Å². The monoisotopic (exact) mass is 431 g/mol. The molecule has 4 heterocycles. The SMILES string of the molecule is Cc1nnc(CN=C(NCCc2cccs2)N2CCC(CN3CCOCC3)C2)n1C. The fraction of sp³-hybridized carbons (Fsp3) is 0.667. The van der Waals surface area contributed by atoms with E-state index in [2.05, 4.69) is 42.8 Å². The number of thiophene rings is 1. The van der Waals surface area contributed by atoms with E-state index in [0.29, 0.717) is 12.5 Å². The van der Waals surface area contributed by atoms with Crippen molar-refractivity contribution in [3.05, 3.63) is 34.0 Å². The van der Waals surface area contributed by atoms with Gasteiger partial charge < -0.3 is 19.5 Å². The lowest BCUT2D eigenvalue weighted by molar-refractivity contribution is 0.0315. The number of likely N-dealkylation sites (tertiary alicyclic amines) is 1. The van der Waals surface area contributed by atoms with E-state index in [9.17, 15) is 0 Å². The summed E-state index contributed by atoms with van der Waals surface area (Å²) in [6, 6.07) is 4.31. The van der Waals surface area contributed by atoms with Crippen molar-refractivity contribution in [2.45, 2.75) is 26.3 Å². The van der Waals surface area contributed by atoms with Gasteiger partial charge in [0.15, 0.2) is 11.8 Å². The van der Waals surface area contributed by atoms with Crippen LogP contribution < -0.4 is 5.32 Å². The Balaban J connectivity index is 1.37. The second-order valence-corrected chi connectivity index (χ2v) is 9.16. The van der Waals surface area contributed by atoms with Crippen molar-refractivity contribution >= 4 is 17.3 Å². The number of rotatable bonds is 7. The van der Waals surface area contributed by atoms with Crippen LogP contribution in [-0.4, -0.2) is 83.0 Å². The first-order valence-corrected chi connectivity index (χ1v) is 11.8. The van der Waals surface area contributed by atoms with Crippen molar-refractivity contribution in [1.29, 1.82) is 0 Å². The van der Waals surface area contributed by atoms with Gasteiger partial charge in [-0.3, -0.25) is 4.90 Å². The number of hydrogen-bond donors (Lipinski definition) is 1. The smallest absolute Gasteiger partial charge is 0.194 e. The standard InChI is InChI=1S/C21H33N7OS/c1-17-24-25-20(26(17)2)14-23-21(22-7-5-19-4-3-13-30-19)28-8-6-18(16-28)15-27-9-11-29-12-10-27/h3-4,13,18H,5-12,14-16H2,1-2H3,(H,22,23). The summed E-state index contributed by atoms with van der Waals surface area (Å²) in [4.78, 5) is 11.3. The Labute approximate surface area is 182 Å². The van der Waals surface area contributed by atoms with E-state index in [4.69, 9.17) is 9.73 Å². The van der Waals surface area contributed by atoms with Gasteiger partial charge in [-0.15, -0.1) is 21.5 Å². The lowest BCUT2D eigenvalue weighted by Crippen LogP contribution is -2.43. The number of guanidine groups is 1. The number of ether oxygens (including phenoxy) is 1. The molecule has 9 heteroatoms. The first-order chi connectivity index (χ1) is 14.7. The summed E-state index contributed by atoms with van der Waals surface area (Å²) in [6.07, 6.45) is 2.23. The molecule has 0 spiro atoms. The molecular weight excluding hydrogens is 398 g/mol. The van der Waals surface area contributed by atoms with Crippen LogP contribution in [0, 0.1) is 12.8 Å². The number of aryl methyl sites for hydroxylation is 1. The van der Waals surface area contributed by atoms with Crippen molar-refractivity contribution in [2.24, 2.45) is 18.0 Å². The average Bonchev–Trinajstić information content (AvgIpc) is 3.50. The minimum atomic E-state index is 0.545. The Morgan fingerprint density at radius 1 is 1.30 bits per heavy atom. The largest absolute Gasteiger partial charge is 0.379 e. The normalized spacial score (nSPS) is 20.8. The van der Waals surface area contributed by atoms with Crippen molar-refractivity contribution in [3.63, 3.8) is 0 Å². The second-order valence-electron chi connectivity index (χ2n) is 8.13. The summed E-state index contributed by atoms with van der Waals surface area (Å²) in [7, 11) is 2.00. The zero-order chi connectivity index (χ0) is 20.8. The molecule has 2 aliphatic heterocycles. The van der Waals surface area contributed by atoms with Gasteiger partial charge in [0.25, 0.3) is 0 Å². The molecule has 2 aliphatic rings. The molecule has 30 heavy (non-hydrogen) atoms. The molecule has 8 nitrogen and oxygen atoms in total. The Morgan fingerprint density at radius 2 is 2.17 bits per heavy atom. The van der Waals surface area contributed by atoms with E-state index in [-0.39, 0.29) is 0 Å². The van der Waals surface area contributed by atoms with Crippen molar-refractivity contribution in [1.82, 2.24) is 29.9 Å². The molecule has 0 saturated carbocycles. The van der Waals surface area contributed by atoms with Crippen LogP contribution in [0.5, 0.6) is 0 Å². The van der Waals surface area contributed by atoms with Crippen molar-refractivity contribution in [3.8, 4) is 0 Å². The molecule has 0 radical (unpaired) electrons. The minimum Gasteiger partial charge on any atom is -0.379 e. The van der Waals surface area contributed by atoms with E-state index in [1.807, 2.05) is 29.9 Å². The summed E-state index contributed by atoms with van der Waals surface area (Å²) >= 11 is 1.81. The summed E-state index contributed by atoms with van der Waals surface area (Å²) in [5.41, 5.74) is 0. The summed E-state index contributed by atoms with van der Waals surface area (Å²) in [5.74, 6) is 3.49. The van der Waals surface area contributed by atoms with Crippen LogP contribution in [0.3, 0.4) is 0 Å². The zero-order valence-electron chi connectivity index (χ0n) is 18.1. The van der Waals surface area contributed by atoms with Crippen LogP contribution in [-0.2, 0) is 24.8 Å². The number of morpholine rings is 1. The molecule has 1 unspecified atom stereocenters. The van der Waals surface area contributed by atoms with E-state index in [1.165, 1.54) is 11.3 Å². The molecule has 0 aromatic carbocycles. The Morgan fingerprint density at radius 3 is 2.90 bits per heavy atom. The maximum absolute atomic E-state index is 5.49. The third kappa shape index (κ3) is 5.59. The van der Waals surface area contributed by atoms with Gasteiger partial charge in [-0.1, -0.05) is 6.07 Å². The predicted octanol–water partition coefficient (Wildman–Crippen LogP) is 1.53. The summed E-state index contributed by atoms with van der Waals surface area (Å²) < 4.78 is 7.50. The Kier molecular flexibility index (Phi) is 7.35. The predicted molar refractivity (Wildman–Crippen MR) is 120 cm³/mol. The number of nitrogens with one attached hydrogen (secondary N) is 1. The van der Waals surface area contributed by atoms with Gasteiger partial charge in [0.1, 0.15) is 12.4 Å². The van der Waals surface area contributed by atoms with E-state index in [1.54, 1.807) is 0 Å². The lowest BCUT2D eigenvalue weighted by Gasteiger charge is -2.29. The Hall–Kier alpha value is -1.97. The van der Waals surface area contributed by atoms with Gasteiger partial charge in [-0.25, -0.2) is 4.99 Å². The van der Waals surface area contributed by atoms with Gasteiger partial charge in [0.2, 0.25) is 0 Å². The summed E-state index contributed by atoms with van der Waals surface area (Å²) in [6.45, 7) is 10.5. The quantitative estimate of drug-likeness (QED) is 0.530. The molecule has 0 amide bonds. The lowest BCUT2D eigenvalue weighted by atomic mass is 10.1. The number of aliphatic imine (C=N–C) groups is 1. The minimum absolute atomic E-state index is 0.545. The van der Waals surface area contributed by atoms with Crippen LogP contribution in [0.4, 0.5) is 0 Å². The van der Waals surface area contributed by atoms with Gasteiger partial charge >= 0.3 is 0 Å². The van der Waals surface area contributed by atoms with Crippen LogP contribution in [0.25, 0.3) is 0 Å². The zero-order valence-corrected chi connectivity index (χ0v) is 18.9. The van der Waals surface area contributed by atoms with Gasteiger partial charge in [-0.2, -0.15) is 0 Å². The number of aromatic nitrogens is 3. The summed E-state index contributed by atoms with van der Waals surface area (Å²) in [5, 5.41) is 14.2. The number of hydrogen-bond acceptors (Lipinski definition) is 6. The molecule has 1 N–H and O–H groups in total. The maximum Gasteiger partial charge on any atom is 0.194 e. The van der Waals surface area contributed by atoms with E-state index < -0.39 is 0 Å². The van der Waals surface area contributed by atoms with Gasteiger partial charge in [-0.05, 0) is 37.1 Å². The van der Waals surface area contributed by atoms with Gasteiger partial charge in [0.05, 0.1) is 13.2 Å². The molecule has 1 atom stereocenters. The highest BCUT2D eigenvalue weighted by Crippen LogP contribution is 2.19. The first-order valence-electron chi connectivity index (χ1n) is 10.9. The Bertz CT molecular complexity index is 813. The molecule has 2 aromatic heterocycles. The van der Waals surface area contributed by atoms with Crippen LogP contribution in [0.15, 0.2) is 22.5 Å². The highest BCUT2D eigenvalue weighted by molar-refractivity contribution is 7.09. The first kappa shape index (κ1) is 21.3. The molecule has 2 saturated heterocycles. The maximum atomic E-state index is 5.49. The van der Waals surface area contributed by atoms with E-state index >= 15 is 0 Å². The molecule has 2 fully saturated rings.